The molecule has 10 heavy (non-hydrogen) atoms. The SMILES string of the molecule is CC(C)(C=O)c1ccc[nH]1. The Bertz CT molecular complexity index is 211. The maximum absolute atomic E-state index is 10.5. The van der Waals surface area contributed by atoms with Crippen molar-refractivity contribution in [3.8, 4) is 0 Å². The van der Waals surface area contributed by atoms with Crippen LogP contribution in [-0.4, -0.2) is 11.3 Å². The molecule has 54 valence electrons. The highest BCUT2D eigenvalue weighted by atomic mass is 16.1. The number of rotatable bonds is 2. The minimum absolute atomic E-state index is 0.372. The third kappa shape index (κ3) is 1.10. The predicted octanol–water partition coefficient (Wildman–Crippen LogP) is 1.49. The Labute approximate surface area is 60.3 Å². The molecule has 0 saturated heterocycles. The lowest BCUT2D eigenvalue weighted by Crippen LogP contribution is -2.18. The van der Waals surface area contributed by atoms with Gasteiger partial charge in [-0.3, -0.25) is 0 Å². The monoisotopic (exact) mass is 137 g/mol. The van der Waals surface area contributed by atoms with E-state index in [9.17, 15) is 4.79 Å². The molecule has 0 aliphatic rings. The first-order valence-electron chi connectivity index (χ1n) is 3.27. The van der Waals surface area contributed by atoms with Crippen molar-refractivity contribution >= 4 is 6.29 Å². The van der Waals surface area contributed by atoms with Crippen LogP contribution in [0.2, 0.25) is 0 Å². The fourth-order valence-corrected chi connectivity index (χ4v) is 0.795. The molecule has 1 heterocycles. The van der Waals surface area contributed by atoms with Gasteiger partial charge in [0.05, 0.1) is 5.41 Å². The van der Waals surface area contributed by atoms with Crippen LogP contribution in [0.15, 0.2) is 18.3 Å². The quantitative estimate of drug-likeness (QED) is 0.615. The van der Waals surface area contributed by atoms with Crippen LogP contribution in [0.4, 0.5) is 0 Å². The molecule has 1 N–H and O–H groups in total. The van der Waals surface area contributed by atoms with Crippen LogP contribution in [0.3, 0.4) is 0 Å². The number of hydrogen-bond acceptors (Lipinski definition) is 1. The second kappa shape index (κ2) is 2.29. The minimum Gasteiger partial charge on any atom is -0.364 e. The maximum Gasteiger partial charge on any atom is 0.131 e. The standard InChI is InChI=1S/C8H11NO/c1-8(2,6-10)7-4-3-5-9-7/h3-6,9H,1-2H3. The highest BCUT2D eigenvalue weighted by molar-refractivity contribution is 5.65. The van der Waals surface area contributed by atoms with Gasteiger partial charge in [-0.1, -0.05) is 0 Å². The zero-order chi connectivity index (χ0) is 7.61. The molecule has 0 amide bonds. The topological polar surface area (TPSA) is 32.9 Å². The van der Waals surface area contributed by atoms with Crippen molar-refractivity contribution in [2.45, 2.75) is 19.3 Å². The summed E-state index contributed by atoms with van der Waals surface area (Å²) in [5.41, 5.74) is 0.589. The number of carbonyl (C=O) groups is 1. The summed E-state index contributed by atoms with van der Waals surface area (Å²) in [6.45, 7) is 3.76. The smallest absolute Gasteiger partial charge is 0.131 e. The van der Waals surface area contributed by atoms with Crippen molar-refractivity contribution in [3.05, 3.63) is 24.0 Å². The summed E-state index contributed by atoms with van der Waals surface area (Å²) in [5.74, 6) is 0. The summed E-state index contributed by atoms with van der Waals surface area (Å²) in [7, 11) is 0. The maximum atomic E-state index is 10.5. The zero-order valence-electron chi connectivity index (χ0n) is 6.22. The van der Waals surface area contributed by atoms with Crippen LogP contribution >= 0.6 is 0 Å². The van der Waals surface area contributed by atoms with Gasteiger partial charge in [0.1, 0.15) is 6.29 Å². The van der Waals surface area contributed by atoms with Crippen LogP contribution in [-0.2, 0) is 10.2 Å². The molecule has 1 rings (SSSR count). The first kappa shape index (κ1) is 7.06. The molecule has 0 unspecified atom stereocenters. The summed E-state index contributed by atoms with van der Waals surface area (Å²) >= 11 is 0. The fourth-order valence-electron chi connectivity index (χ4n) is 0.795. The number of hydrogen-bond donors (Lipinski definition) is 1. The second-order valence-electron chi connectivity index (χ2n) is 2.92. The van der Waals surface area contributed by atoms with Crippen LogP contribution in [0.5, 0.6) is 0 Å². The van der Waals surface area contributed by atoms with Crippen LogP contribution in [0.1, 0.15) is 19.5 Å². The number of H-pyrrole nitrogens is 1. The van der Waals surface area contributed by atoms with Crippen LogP contribution in [0.25, 0.3) is 0 Å². The van der Waals surface area contributed by atoms with Gasteiger partial charge in [0, 0.05) is 11.9 Å². The first-order chi connectivity index (χ1) is 4.67. The molecule has 0 saturated carbocycles. The van der Waals surface area contributed by atoms with Gasteiger partial charge in [-0.2, -0.15) is 0 Å². The Hall–Kier alpha value is -1.05. The molecular weight excluding hydrogens is 126 g/mol. The van der Waals surface area contributed by atoms with Gasteiger partial charge < -0.3 is 9.78 Å². The van der Waals surface area contributed by atoms with Crippen molar-refractivity contribution in [3.63, 3.8) is 0 Å². The fraction of sp³-hybridized carbons (Fsp3) is 0.375. The van der Waals surface area contributed by atoms with Gasteiger partial charge in [0.25, 0.3) is 0 Å². The molecule has 0 atom stereocenters. The molecule has 0 aromatic carbocycles. The second-order valence-corrected chi connectivity index (χ2v) is 2.92. The van der Waals surface area contributed by atoms with Gasteiger partial charge >= 0.3 is 0 Å². The minimum atomic E-state index is -0.372. The van der Waals surface area contributed by atoms with E-state index in [0.717, 1.165) is 12.0 Å². The summed E-state index contributed by atoms with van der Waals surface area (Å²) in [5, 5.41) is 0. The molecule has 2 heteroatoms. The molecular formula is C8H11NO. The van der Waals surface area contributed by atoms with Gasteiger partial charge in [-0.25, -0.2) is 0 Å². The van der Waals surface area contributed by atoms with E-state index in [1.54, 1.807) is 0 Å². The molecule has 0 aliphatic heterocycles. The lowest BCUT2D eigenvalue weighted by molar-refractivity contribution is -0.111. The summed E-state index contributed by atoms with van der Waals surface area (Å²) in [6, 6.07) is 3.80. The third-order valence-corrected chi connectivity index (χ3v) is 1.59. The molecule has 0 aliphatic carbocycles. The Balaban J connectivity index is 2.95. The van der Waals surface area contributed by atoms with Crippen molar-refractivity contribution in [2.75, 3.05) is 0 Å². The molecule has 1 aromatic heterocycles. The van der Waals surface area contributed by atoms with Crippen molar-refractivity contribution in [2.24, 2.45) is 0 Å². The average molecular weight is 137 g/mol. The molecule has 0 spiro atoms. The predicted molar refractivity (Wildman–Crippen MR) is 39.9 cm³/mol. The van der Waals surface area contributed by atoms with Gasteiger partial charge in [0.15, 0.2) is 0 Å². The largest absolute Gasteiger partial charge is 0.364 e. The number of carbonyl (C=O) groups excluding carboxylic acids is 1. The lowest BCUT2D eigenvalue weighted by Gasteiger charge is -2.13. The van der Waals surface area contributed by atoms with Gasteiger partial charge in [-0.15, -0.1) is 0 Å². The number of nitrogens with one attached hydrogen (secondary N) is 1. The number of aromatic amines is 1. The summed E-state index contributed by atoms with van der Waals surface area (Å²) in [4.78, 5) is 13.5. The molecule has 2 nitrogen and oxygen atoms in total. The van der Waals surface area contributed by atoms with E-state index in [1.165, 1.54) is 0 Å². The molecule has 0 radical (unpaired) electrons. The molecule has 0 fully saturated rings. The lowest BCUT2D eigenvalue weighted by atomic mass is 9.92. The number of aromatic nitrogens is 1. The van der Waals surface area contributed by atoms with Crippen molar-refractivity contribution in [1.29, 1.82) is 0 Å². The van der Waals surface area contributed by atoms with Gasteiger partial charge in [0.2, 0.25) is 0 Å². The normalized spacial score (nSPS) is 11.4. The third-order valence-electron chi connectivity index (χ3n) is 1.59. The van der Waals surface area contributed by atoms with E-state index in [0.29, 0.717) is 0 Å². The van der Waals surface area contributed by atoms with E-state index in [4.69, 9.17) is 0 Å². The Morgan fingerprint density at radius 3 is 2.70 bits per heavy atom. The highest BCUT2D eigenvalue weighted by Gasteiger charge is 2.19. The van der Waals surface area contributed by atoms with E-state index < -0.39 is 0 Å². The van der Waals surface area contributed by atoms with E-state index in [2.05, 4.69) is 4.98 Å². The summed E-state index contributed by atoms with van der Waals surface area (Å²) in [6.07, 6.45) is 2.76. The van der Waals surface area contributed by atoms with Crippen LogP contribution < -0.4 is 0 Å². The highest BCUT2D eigenvalue weighted by Crippen LogP contribution is 2.17. The Morgan fingerprint density at radius 1 is 1.60 bits per heavy atom. The zero-order valence-corrected chi connectivity index (χ0v) is 6.22. The van der Waals surface area contributed by atoms with Gasteiger partial charge in [-0.05, 0) is 26.0 Å². The van der Waals surface area contributed by atoms with Crippen molar-refractivity contribution in [1.82, 2.24) is 4.98 Å². The van der Waals surface area contributed by atoms with E-state index in [1.807, 2.05) is 32.2 Å². The van der Waals surface area contributed by atoms with E-state index in [-0.39, 0.29) is 5.41 Å². The Kier molecular flexibility index (Phi) is 1.62. The van der Waals surface area contributed by atoms with E-state index >= 15 is 0 Å². The number of aldehydes is 1. The first-order valence-corrected chi connectivity index (χ1v) is 3.27. The van der Waals surface area contributed by atoms with Crippen LogP contribution in [0, 0.1) is 0 Å². The molecule has 1 aromatic rings. The Morgan fingerprint density at radius 2 is 2.30 bits per heavy atom. The van der Waals surface area contributed by atoms with Crippen molar-refractivity contribution < 1.29 is 4.79 Å². The average Bonchev–Trinajstić information content (AvgIpc) is 2.38. The summed E-state index contributed by atoms with van der Waals surface area (Å²) < 4.78 is 0. The molecule has 0 bridgehead atoms.